The lowest BCUT2D eigenvalue weighted by Crippen LogP contribution is -2.44. The van der Waals surface area contributed by atoms with E-state index < -0.39 is 0 Å². The SMILES string of the molecule is CN=C(NCCOCCC(C)C)NCC1CCCN(C)C1. The van der Waals surface area contributed by atoms with Crippen molar-refractivity contribution in [2.45, 2.75) is 33.1 Å². The Morgan fingerprint density at radius 2 is 2.14 bits per heavy atom. The van der Waals surface area contributed by atoms with Crippen molar-refractivity contribution in [3.63, 3.8) is 0 Å². The van der Waals surface area contributed by atoms with Crippen molar-refractivity contribution in [1.82, 2.24) is 15.5 Å². The zero-order valence-electron chi connectivity index (χ0n) is 14.3. The molecule has 0 bridgehead atoms. The summed E-state index contributed by atoms with van der Waals surface area (Å²) in [4.78, 5) is 6.67. The molecule has 1 aliphatic rings. The summed E-state index contributed by atoms with van der Waals surface area (Å²) < 4.78 is 5.60. The molecule has 0 saturated carbocycles. The predicted molar refractivity (Wildman–Crippen MR) is 89.9 cm³/mol. The molecule has 1 unspecified atom stereocenters. The Morgan fingerprint density at radius 1 is 1.33 bits per heavy atom. The third-order valence-corrected chi connectivity index (χ3v) is 3.88. The number of guanidine groups is 1. The number of aliphatic imine (C=N–C) groups is 1. The maximum Gasteiger partial charge on any atom is 0.191 e. The number of hydrogen-bond acceptors (Lipinski definition) is 3. The van der Waals surface area contributed by atoms with E-state index in [4.69, 9.17) is 4.74 Å². The van der Waals surface area contributed by atoms with Crippen molar-refractivity contribution in [2.24, 2.45) is 16.8 Å². The van der Waals surface area contributed by atoms with Crippen molar-refractivity contribution in [3.05, 3.63) is 0 Å². The first-order valence-corrected chi connectivity index (χ1v) is 8.32. The van der Waals surface area contributed by atoms with Gasteiger partial charge in [0.25, 0.3) is 0 Å². The molecule has 1 rings (SSSR count). The number of nitrogens with one attached hydrogen (secondary N) is 2. The summed E-state index contributed by atoms with van der Waals surface area (Å²) in [6.45, 7) is 10.2. The van der Waals surface area contributed by atoms with Crippen molar-refractivity contribution in [3.8, 4) is 0 Å². The normalized spacial score (nSPS) is 20.8. The third kappa shape index (κ3) is 8.94. The summed E-state index contributed by atoms with van der Waals surface area (Å²) in [5.41, 5.74) is 0. The van der Waals surface area contributed by atoms with Gasteiger partial charge >= 0.3 is 0 Å². The Kier molecular flexibility index (Phi) is 9.42. The van der Waals surface area contributed by atoms with Crippen molar-refractivity contribution in [2.75, 3.05) is 53.5 Å². The largest absolute Gasteiger partial charge is 0.380 e. The molecule has 1 atom stereocenters. The molecule has 21 heavy (non-hydrogen) atoms. The van der Waals surface area contributed by atoms with Crippen LogP contribution in [0.1, 0.15) is 33.1 Å². The smallest absolute Gasteiger partial charge is 0.191 e. The summed E-state index contributed by atoms with van der Waals surface area (Å²) in [6, 6.07) is 0. The second kappa shape index (κ2) is 10.9. The molecule has 1 saturated heterocycles. The first-order chi connectivity index (χ1) is 10.1. The van der Waals surface area contributed by atoms with Crippen LogP contribution in [0.3, 0.4) is 0 Å². The maximum absolute atomic E-state index is 5.60. The lowest BCUT2D eigenvalue weighted by Gasteiger charge is -2.30. The van der Waals surface area contributed by atoms with Crippen LogP contribution in [0.2, 0.25) is 0 Å². The number of nitrogens with zero attached hydrogens (tertiary/aromatic N) is 2. The molecule has 0 radical (unpaired) electrons. The van der Waals surface area contributed by atoms with Crippen LogP contribution >= 0.6 is 0 Å². The van der Waals surface area contributed by atoms with Gasteiger partial charge in [0.15, 0.2) is 5.96 Å². The van der Waals surface area contributed by atoms with Gasteiger partial charge < -0.3 is 20.3 Å². The molecule has 0 spiro atoms. The highest BCUT2D eigenvalue weighted by molar-refractivity contribution is 5.79. The maximum atomic E-state index is 5.60. The van der Waals surface area contributed by atoms with E-state index in [2.05, 4.69) is 41.4 Å². The van der Waals surface area contributed by atoms with E-state index in [1.165, 1.54) is 25.9 Å². The number of piperidine rings is 1. The van der Waals surface area contributed by atoms with Crippen LogP contribution in [0.5, 0.6) is 0 Å². The highest BCUT2D eigenvalue weighted by Gasteiger charge is 2.17. The molecule has 0 aliphatic carbocycles. The van der Waals surface area contributed by atoms with Crippen molar-refractivity contribution >= 4 is 5.96 Å². The van der Waals surface area contributed by atoms with Gasteiger partial charge in [-0.3, -0.25) is 4.99 Å². The summed E-state index contributed by atoms with van der Waals surface area (Å²) >= 11 is 0. The minimum absolute atomic E-state index is 0.709. The molecule has 0 aromatic carbocycles. The fourth-order valence-electron chi connectivity index (χ4n) is 2.56. The van der Waals surface area contributed by atoms with Crippen LogP contribution in [0.15, 0.2) is 4.99 Å². The second-order valence-electron chi connectivity index (χ2n) is 6.45. The van der Waals surface area contributed by atoms with E-state index in [1.807, 2.05) is 7.05 Å². The number of ether oxygens (including phenoxy) is 1. The molecule has 1 aliphatic heterocycles. The zero-order chi connectivity index (χ0) is 15.5. The van der Waals surface area contributed by atoms with Crippen molar-refractivity contribution in [1.29, 1.82) is 0 Å². The molecular weight excluding hydrogens is 264 g/mol. The van der Waals surface area contributed by atoms with E-state index in [-0.39, 0.29) is 0 Å². The van der Waals surface area contributed by atoms with Gasteiger partial charge in [-0.1, -0.05) is 13.8 Å². The van der Waals surface area contributed by atoms with Gasteiger partial charge in [-0.05, 0) is 44.7 Å². The Labute approximate surface area is 130 Å². The van der Waals surface area contributed by atoms with E-state index >= 15 is 0 Å². The Bertz CT molecular complexity index is 294. The van der Waals surface area contributed by atoms with Gasteiger partial charge in [-0.15, -0.1) is 0 Å². The summed E-state index contributed by atoms with van der Waals surface area (Å²) in [6.07, 6.45) is 3.74. The summed E-state index contributed by atoms with van der Waals surface area (Å²) in [7, 11) is 4.02. The van der Waals surface area contributed by atoms with E-state index in [0.29, 0.717) is 5.92 Å². The van der Waals surface area contributed by atoms with Gasteiger partial charge in [0.05, 0.1) is 6.61 Å². The average Bonchev–Trinajstić information content (AvgIpc) is 2.45. The minimum Gasteiger partial charge on any atom is -0.380 e. The van der Waals surface area contributed by atoms with Crippen LogP contribution in [-0.4, -0.2) is 64.3 Å². The van der Waals surface area contributed by atoms with Crippen LogP contribution in [-0.2, 0) is 4.74 Å². The lowest BCUT2D eigenvalue weighted by atomic mass is 9.99. The zero-order valence-corrected chi connectivity index (χ0v) is 14.3. The number of hydrogen-bond donors (Lipinski definition) is 2. The monoisotopic (exact) mass is 298 g/mol. The highest BCUT2D eigenvalue weighted by Crippen LogP contribution is 2.13. The van der Waals surface area contributed by atoms with E-state index in [1.54, 1.807) is 0 Å². The molecule has 1 fully saturated rings. The molecule has 5 nitrogen and oxygen atoms in total. The Hall–Kier alpha value is -0.810. The van der Waals surface area contributed by atoms with Gasteiger partial charge in [0.1, 0.15) is 0 Å². The van der Waals surface area contributed by atoms with Crippen molar-refractivity contribution < 1.29 is 4.74 Å². The Morgan fingerprint density at radius 3 is 2.81 bits per heavy atom. The topological polar surface area (TPSA) is 48.9 Å². The van der Waals surface area contributed by atoms with E-state index in [0.717, 1.165) is 44.6 Å². The number of likely N-dealkylation sites (tertiary alicyclic amines) is 1. The Balaban J connectivity index is 2.06. The average molecular weight is 298 g/mol. The molecule has 5 heteroatoms. The van der Waals surface area contributed by atoms with Gasteiger partial charge in [0, 0.05) is 33.3 Å². The minimum atomic E-state index is 0.709. The fourth-order valence-corrected chi connectivity index (χ4v) is 2.56. The standard InChI is InChI=1S/C16H34N4O/c1-14(2)7-10-21-11-8-18-16(17-3)19-12-15-6-5-9-20(4)13-15/h14-15H,5-13H2,1-4H3,(H2,17,18,19). The molecule has 1 heterocycles. The first-order valence-electron chi connectivity index (χ1n) is 8.32. The van der Waals surface area contributed by atoms with Crippen LogP contribution in [0.25, 0.3) is 0 Å². The summed E-state index contributed by atoms with van der Waals surface area (Å²) in [5, 5.41) is 6.73. The second-order valence-corrected chi connectivity index (χ2v) is 6.45. The number of rotatable bonds is 8. The van der Waals surface area contributed by atoms with Gasteiger partial charge in [-0.2, -0.15) is 0 Å². The van der Waals surface area contributed by atoms with Gasteiger partial charge in [0.2, 0.25) is 0 Å². The highest BCUT2D eigenvalue weighted by atomic mass is 16.5. The first kappa shape index (κ1) is 18.2. The predicted octanol–water partition coefficient (Wildman–Crippen LogP) is 1.56. The quantitative estimate of drug-likeness (QED) is 0.406. The third-order valence-electron chi connectivity index (χ3n) is 3.88. The summed E-state index contributed by atoms with van der Waals surface area (Å²) in [5.74, 6) is 2.32. The van der Waals surface area contributed by atoms with Crippen LogP contribution in [0.4, 0.5) is 0 Å². The van der Waals surface area contributed by atoms with E-state index in [9.17, 15) is 0 Å². The molecule has 124 valence electrons. The fraction of sp³-hybridized carbons (Fsp3) is 0.938. The van der Waals surface area contributed by atoms with Crippen LogP contribution in [0, 0.1) is 11.8 Å². The molecule has 2 N–H and O–H groups in total. The lowest BCUT2D eigenvalue weighted by molar-refractivity contribution is 0.128. The van der Waals surface area contributed by atoms with Crippen LogP contribution < -0.4 is 10.6 Å². The molecule has 0 aromatic rings. The molecular formula is C16H34N4O. The molecule has 0 amide bonds. The molecule has 0 aromatic heterocycles. The van der Waals surface area contributed by atoms with Gasteiger partial charge in [-0.25, -0.2) is 0 Å².